The number of hydrogen-bond donors (Lipinski definition) is 0. The average molecular weight is 409 g/mol. The van der Waals surface area contributed by atoms with Crippen LogP contribution in [0.25, 0.3) is 11.1 Å². The number of carbonyl (C=O) groups is 1. The third-order valence-corrected chi connectivity index (χ3v) is 5.72. The molecular formula is C24H22ClFN2O. The quantitative estimate of drug-likeness (QED) is 0.512. The van der Waals surface area contributed by atoms with Crippen molar-refractivity contribution >= 4 is 17.4 Å². The summed E-state index contributed by atoms with van der Waals surface area (Å²) in [4.78, 5) is 19.5. The van der Waals surface area contributed by atoms with Gasteiger partial charge in [0.1, 0.15) is 5.82 Å². The zero-order chi connectivity index (χ0) is 20.2. The van der Waals surface area contributed by atoms with Crippen LogP contribution in [0.4, 0.5) is 4.39 Å². The molecule has 29 heavy (non-hydrogen) atoms. The predicted molar refractivity (Wildman–Crippen MR) is 113 cm³/mol. The largest absolute Gasteiger partial charge is 0.297 e. The molecule has 0 unspecified atom stereocenters. The Morgan fingerprint density at radius 1 is 1.00 bits per heavy atom. The Balaban J connectivity index is 1.36. The number of halogens is 2. The van der Waals surface area contributed by atoms with Crippen LogP contribution < -0.4 is 0 Å². The highest BCUT2D eigenvalue weighted by atomic mass is 35.5. The number of benzene rings is 2. The van der Waals surface area contributed by atoms with E-state index in [1.165, 1.54) is 12.1 Å². The molecule has 148 valence electrons. The van der Waals surface area contributed by atoms with Gasteiger partial charge in [0, 0.05) is 29.2 Å². The van der Waals surface area contributed by atoms with Gasteiger partial charge >= 0.3 is 0 Å². The summed E-state index contributed by atoms with van der Waals surface area (Å²) in [7, 11) is 0. The normalized spacial score (nSPS) is 15.4. The third-order valence-electron chi connectivity index (χ3n) is 5.47. The minimum absolute atomic E-state index is 0.0611. The molecule has 2 heterocycles. The van der Waals surface area contributed by atoms with Crippen molar-refractivity contribution in [1.82, 2.24) is 9.88 Å². The number of piperidine rings is 1. The van der Waals surface area contributed by atoms with Gasteiger partial charge in [0.15, 0.2) is 5.78 Å². The van der Waals surface area contributed by atoms with Gasteiger partial charge in [-0.15, -0.1) is 0 Å². The van der Waals surface area contributed by atoms with Crippen molar-refractivity contribution < 1.29 is 9.18 Å². The van der Waals surface area contributed by atoms with Crippen molar-refractivity contribution in [1.29, 1.82) is 0 Å². The van der Waals surface area contributed by atoms with Crippen LogP contribution in [0.1, 0.15) is 28.9 Å². The molecule has 0 radical (unpaired) electrons. The SMILES string of the molecule is O=C(c1ccc(Cl)cc1)C1CCN(Cc2cc(-c3ccc(F)cc3)ccn2)CC1. The number of nitrogens with zero attached hydrogens (tertiary/aromatic N) is 2. The Bertz CT molecular complexity index is 981. The maximum absolute atomic E-state index is 13.2. The van der Waals surface area contributed by atoms with Crippen LogP contribution in [0.3, 0.4) is 0 Å². The molecule has 3 aromatic rings. The first-order valence-electron chi connectivity index (χ1n) is 9.81. The zero-order valence-corrected chi connectivity index (χ0v) is 16.8. The lowest BCUT2D eigenvalue weighted by Crippen LogP contribution is -2.36. The lowest BCUT2D eigenvalue weighted by atomic mass is 9.89. The summed E-state index contributed by atoms with van der Waals surface area (Å²) in [5.74, 6) is 0.0303. The Kier molecular flexibility index (Phi) is 6.02. The van der Waals surface area contributed by atoms with Gasteiger partial charge in [0.25, 0.3) is 0 Å². The summed E-state index contributed by atoms with van der Waals surface area (Å²) in [6, 6.07) is 17.6. The Hall–Kier alpha value is -2.56. The van der Waals surface area contributed by atoms with E-state index in [2.05, 4.69) is 16.0 Å². The van der Waals surface area contributed by atoms with E-state index in [1.807, 2.05) is 18.2 Å². The van der Waals surface area contributed by atoms with Gasteiger partial charge in [-0.1, -0.05) is 23.7 Å². The van der Waals surface area contributed by atoms with Gasteiger partial charge in [0.2, 0.25) is 0 Å². The molecule has 3 nitrogen and oxygen atoms in total. The van der Waals surface area contributed by atoms with E-state index in [0.29, 0.717) is 5.02 Å². The highest BCUT2D eigenvalue weighted by molar-refractivity contribution is 6.30. The van der Waals surface area contributed by atoms with Crippen LogP contribution in [-0.4, -0.2) is 28.8 Å². The number of Topliss-reactive ketones (excluding diaryl/α,β-unsaturated/α-hetero) is 1. The van der Waals surface area contributed by atoms with Crippen molar-refractivity contribution in [2.45, 2.75) is 19.4 Å². The molecule has 2 aromatic carbocycles. The van der Waals surface area contributed by atoms with Crippen molar-refractivity contribution in [3.8, 4) is 11.1 Å². The van der Waals surface area contributed by atoms with E-state index >= 15 is 0 Å². The van der Waals surface area contributed by atoms with Crippen molar-refractivity contribution in [2.24, 2.45) is 5.92 Å². The average Bonchev–Trinajstić information content (AvgIpc) is 2.75. The molecule has 5 heteroatoms. The molecule has 1 aliphatic rings. The van der Waals surface area contributed by atoms with E-state index in [0.717, 1.165) is 54.9 Å². The first kappa shape index (κ1) is 19.7. The molecule has 0 spiro atoms. The molecule has 1 aliphatic heterocycles. The Morgan fingerprint density at radius 3 is 2.38 bits per heavy atom. The summed E-state index contributed by atoms with van der Waals surface area (Å²) in [5, 5.41) is 0.645. The molecule has 4 rings (SSSR count). The number of aromatic nitrogens is 1. The summed E-state index contributed by atoms with van der Waals surface area (Å²) >= 11 is 5.91. The number of pyridine rings is 1. The first-order chi connectivity index (χ1) is 14.1. The minimum atomic E-state index is -0.237. The van der Waals surface area contributed by atoms with Gasteiger partial charge in [-0.05, 0) is 85.6 Å². The van der Waals surface area contributed by atoms with E-state index in [9.17, 15) is 9.18 Å². The lowest BCUT2D eigenvalue weighted by molar-refractivity contribution is 0.0834. The van der Waals surface area contributed by atoms with Gasteiger partial charge in [-0.3, -0.25) is 14.7 Å². The first-order valence-corrected chi connectivity index (χ1v) is 10.2. The minimum Gasteiger partial charge on any atom is -0.297 e. The second-order valence-electron chi connectivity index (χ2n) is 7.46. The summed E-state index contributed by atoms with van der Waals surface area (Å²) in [5.41, 5.74) is 3.72. The second-order valence-corrected chi connectivity index (χ2v) is 7.90. The lowest BCUT2D eigenvalue weighted by Gasteiger charge is -2.31. The molecule has 1 fully saturated rings. The van der Waals surface area contributed by atoms with E-state index < -0.39 is 0 Å². The van der Waals surface area contributed by atoms with E-state index in [-0.39, 0.29) is 17.5 Å². The molecule has 1 saturated heterocycles. The Labute approximate surface area is 175 Å². The van der Waals surface area contributed by atoms with Crippen LogP contribution >= 0.6 is 11.6 Å². The Morgan fingerprint density at radius 2 is 1.69 bits per heavy atom. The fourth-order valence-corrected chi connectivity index (χ4v) is 3.94. The molecular weight excluding hydrogens is 387 g/mol. The summed E-state index contributed by atoms with van der Waals surface area (Å²) in [6.07, 6.45) is 3.49. The second kappa shape index (κ2) is 8.85. The molecule has 0 atom stereocenters. The maximum Gasteiger partial charge on any atom is 0.166 e. The van der Waals surface area contributed by atoms with Gasteiger partial charge < -0.3 is 0 Å². The highest BCUT2D eigenvalue weighted by Crippen LogP contribution is 2.25. The van der Waals surface area contributed by atoms with Crippen LogP contribution in [-0.2, 0) is 6.54 Å². The number of hydrogen-bond acceptors (Lipinski definition) is 3. The van der Waals surface area contributed by atoms with Crippen LogP contribution in [0.5, 0.6) is 0 Å². The third kappa shape index (κ3) is 4.89. The molecule has 0 saturated carbocycles. The maximum atomic E-state index is 13.2. The number of carbonyl (C=O) groups excluding carboxylic acids is 1. The van der Waals surface area contributed by atoms with Gasteiger partial charge in [0.05, 0.1) is 5.69 Å². The van der Waals surface area contributed by atoms with Crippen molar-refractivity contribution in [3.63, 3.8) is 0 Å². The fourth-order valence-electron chi connectivity index (χ4n) is 3.82. The smallest absolute Gasteiger partial charge is 0.166 e. The topological polar surface area (TPSA) is 33.2 Å². The monoisotopic (exact) mass is 408 g/mol. The standard InChI is InChI=1S/C24H22ClFN2O/c25-21-5-1-18(2-6-21)24(29)19-10-13-28(14-11-19)16-23-15-20(9-12-27-23)17-3-7-22(26)8-4-17/h1-9,12,15,19H,10-11,13-14,16H2. The van der Waals surface area contributed by atoms with Crippen LogP contribution in [0.15, 0.2) is 66.9 Å². The molecule has 0 N–H and O–H groups in total. The number of ketones is 1. The molecule has 0 amide bonds. The van der Waals surface area contributed by atoms with Crippen molar-refractivity contribution in [3.05, 3.63) is 89.0 Å². The van der Waals surface area contributed by atoms with Crippen LogP contribution in [0.2, 0.25) is 5.02 Å². The van der Waals surface area contributed by atoms with Gasteiger partial charge in [-0.25, -0.2) is 4.39 Å². The summed E-state index contributed by atoms with van der Waals surface area (Å²) < 4.78 is 13.2. The van der Waals surface area contributed by atoms with Crippen LogP contribution in [0, 0.1) is 11.7 Å². The van der Waals surface area contributed by atoms with Crippen molar-refractivity contribution in [2.75, 3.05) is 13.1 Å². The fraction of sp³-hybridized carbons (Fsp3) is 0.250. The zero-order valence-electron chi connectivity index (χ0n) is 16.0. The molecule has 0 bridgehead atoms. The highest BCUT2D eigenvalue weighted by Gasteiger charge is 2.26. The molecule has 0 aliphatic carbocycles. The van der Waals surface area contributed by atoms with E-state index in [1.54, 1.807) is 30.5 Å². The van der Waals surface area contributed by atoms with Gasteiger partial charge in [-0.2, -0.15) is 0 Å². The number of rotatable bonds is 5. The predicted octanol–water partition coefficient (Wildman–Crippen LogP) is 5.64. The number of likely N-dealkylation sites (tertiary alicyclic amines) is 1. The molecule has 1 aromatic heterocycles. The van der Waals surface area contributed by atoms with E-state index in [4.69, 9.17) is 11.6 Å². The summed E-state index contributed by atoms with van der Waals surface area (Å²) in [6.45, 7) is 2.48.